The van der Waals surface area contributed by atoms with Gasteiger partial charge in [0.25, 0.3) is 0 Å². The molecule has 18 heavy (non-hydrogen) atoms. The van der Waals surface area contributed by atoms with Crippen LogP contribution in [0.1, 0.15) is 69.9 Å². The molecular formula is C18H28. The summed E-state index contributed by atoms with van der Waals surface area (Å²) in [5.74, 6) is 2.67. The molecule has 1 fully saturated rings. The van der Waals surface area contributed by atoms with Crippen molar-refractivity contribution in [1.29, 1.82) is 0 Å². The highest BCUT2D eigenvalue weighted by Crippen LogP contribution is 2.38. The van der Waals surface area contributed by atoms with Crippen molar-refractivity contribution in [2.75, 3.05) is 0 Å². The topological polar surface area (TPSA) is 0 Å². The second-order valence-corrected chi connectivity index (χ2v) is 6.07. The number of aryl methyl sites for hydroxylation is 1. The van der Waals surface area contributed by atoms with Gasteiger partial charge < -0.3 is 0 Å². The lowest BCUT2D eigenvalue weighted by Gasteiger charge is -2.32. The lowest BCUT2D eigenvalue weighted by Crippen LogP contribution is -2.18. The summed E-state index contributed by atoms with van der Waals surface area (Å²) in [6.45, 7) is 7.00. The van der Waals surface area contributed by atoms with Crippen LogP contribution in [0.25, 0.3) is 0 Å². The lowest BCUT2D eigenvalue weighted by atomic mass is 9.73. The zero-order valence-electron chi connectivity index (χ0n) is 12.3. The van der Waals surface area contributed by atoms with E-state index in [1.54, 1.807) is 5.56 Å². The van der Waals surface area contributed by atoms with E-state index < -0.39 is 0 Å². The summed E-state index contributed by atoms with van der Waals surface area (Å²) < 4.78 is 0. The van der Waals surface area contributed by atoms with E-state index in [-0.39, 0.29) is 0 Å². The molecule has 1 aliphatic rings. The summed E-state index contributed by atoms with van der Waals surface area (Å²) in [5.41, 5.74) is 3.01. The van der Waals surface area contributed by atoms with Gasteiger partial charge in [-0.05, 0) is 48.1 Å². The van der Waals surface area contributed by atoms with Gasteiger partial charge in [0.2, 0.25) is 0 Å². The monoisotopic (exact) mass is 244 g/mol. The Bertz CT molecular complexity index is 341. The fourth-order valence-electron chi connectivity index (χ4n) is 3.43. The maximum absolute atomic E-state index is 2.43. The molecular weight excluding hydrogens is 216 g/mol. The zero-order valence-corrected chi connectivity index (χ0v) is 12.3. The van der Waals surface area contributed by atoms with E-state index in [9.17, 15) is 0 Å². The first-order valence-corrected chi connectivity index (χ1v) is 7.83. The van der Waals surface area contributed by atoms with Gasteiger partial charge >= 0.3 is 0 Å². The van der Waals surface area contributed by atoms with Crippen molar-refractivity contribution in [2.45, 2.75) is 65.2 Å². The second-order valence-electron chi connectivity index (χ2n) is 6.07. The van der Waals surface area contributed by atoms with Gasteiger partial charge in [0.1, 0.15) is 0 Å². The average molecular weight is 244 g/mol. The Hall–Kier alpha value is -0.780. The maximum Gasteiger partial charge on any atom is -0.0162 e. The van der Waals surface area contributed by atoms with Crippen LogP contribution >= 0.6 is 0 Å². The average Bonchev–Trinajstić information content (AvgIpc) is 2.47. The molecule has 0 amide bonds. The van der Waals surface area contributed by atoms with E-state index in [1.165, 1.54) is 37.7 Å². The van der Waals surface area contributed by atoms with Crippen LogP contribution in [0, 0.1) is 11.8 Å². The van der Waals surface area contributed by atoms with Crippen LogP contribution in [-0.4, -0.2) is 0 Å². The Balaban J connectivity index is 1.96. The fourth-order valence-corrected chi connectivity index (χ4v) is 3.43. The molecule has 0 radical (unpaired) electrons. The molecule has 0 N–H and O–H groups in total. The highest BCUT2D eigenvalue weighted by Gasteiger charge is 2.25. The predicted molar refractivity (Wildman–Crippen MR) is 80.0 cm³/mol. The molecule has 1 unspecified atom stereocenters. The molecule has 0 aromatic heterocycles. The molecule has 0 heteroatoms. The third kappa shape index (κ3) is 3.16. The summed E-state index contributed by atoms with van der Waals surface area (Å²) in [7, 11) is 0. The summed E-state index contributed by atoms with van der Waals surface area (Å²) in [6, 6.07) is 9.33. The van der Waals surface area contributed by atoms with Crippen molar-refractivity contribution < 1.29 is 0 Å². The normalized spacial score (nSPS) is 25.9. The summed E-state index contributed by atoms with van der Waals surface area (Å²) >= 11 is 0. The van der Waals surface area contributed by atoms with E-state index in [4.69, 9.17) is 0 Å². The number of hydrogen-bond donors (Lipinski definition) is 0. The van der Waals surface area contributed by atoms with E-state index in [2.05, 4.69) is 45.0 Å². The Morgan fingerprint density at radius 3 is 2.11 bits per heavy atom. The van der Waals surface area contributed by atoms with Gasteiger partial charge in [-0.15, -0.1) is 0 Å². The minimum Gasteiger partial charge on any atom is -0.0651 e. The number of benzene rings is 1. The molecule has 1 aromatic carbocycles. The van der Waals surface area contributed by atoms with Gasteiger partial charge in [0.15, 0.2) is 0 Å². The van der Waals surface area contributed by atoms with Crippen LogP contribution in [0.2, 0.25) is 0 Å². The van der Waals surface area contributed by atoms with Crippen molar-refractivity contribution in [3.8, 4) is 0 Å². The minimum atomic E-state index is 0.744. The molecule has 0 bridgehead atoms. The van der Waals surface area contributed by atoms with Crippen molar-refractivity contribution in [3.05, 3.63) is 35.4 Å². The first-order valence-electron chi connectivity index (χ1n) is 7.83. The highest BCUT2D eigenvalue weighted by atomic mass is 14.3. The molecule has 2 rings (SSSR count). The molecule has 0 aliphatic heterocycles. The molecule has 1 saturated carbocycles. The first-order chi connectivity index (χ1) is 8.74. The number of rotatable bonds is 4. The molecule has 0 saturated heterocycles. The Morgan fingerprint density at radius 1 is 1.00 bits per heavy atom. The summed E-state index contributed by atoms with van der Waals surface area (Å²) in [5, 5.41) is 0. The molecule has 100 valence electrons. The Labute approximate surface area is 113 Å². The highest BCUT2D eigenvalue weighted by molar-refractivity contribution is 5.25. The predicted octanol–water partition coefficient (Wildman–Crippen LogP) is 5.57. The van der Waals surface area contributed by atoms with Crippen LogP contribution in [0.4, 0.5) is 0 Å². The summed E-state index contributed by atoms with van der Waals surface area (Å²) in [6.07, 6.45) is 8.32. The van der Waals surface area contributed by atoms with Crippen molar-refractivity contribution in [3.63, 3.8) is 0 Å². The molecule has 0 heterocycles. The van der Waals surface area contributed by atoms with Crippen LogP contribution in [0.3, 0.4) is 0 Å². The SMILES string of the molecule is CCc1ccc(C(C)C2CCC(CC)CC2)cc1. The van der Waals surface area contributed by atoms with Gasteiger partial charge in [-0.1, -0.05) is 64.3 Å². The van der Waals surface area contributed by atoms with Crippen molar-refractivity contribution >= 4 is 0 Å². The van der Waals surface area contributed by atoms with Crippen LogP contribution in [0.5, 0.6) is 0 Å². The smallest absolute Gasteiger partial charge is 0.0162 e. The van der Waals surface area contributed by atoms with Crippen LogP contribution in [-0.2, 0) is 6.42 Å². The Morgan fingerprint density at radius 2 is 1.61 bits per heavy atom. The number of hydrogen-bond acceptors (Lipinski definition) is 0. The third-order valence-corrected chi connectivity index (χ3v) is 5.09. The van der Waals surface area contributed by atoms with Gasteiger partial charge in [-0.2, -0.15) is 0 Å². The van der Waals surface area contributed by atoms with Crippen LogP contribution < -0.4 is 0 Å². The Kier molecular flexibility index (Phi) is 4.86. The lowest BCUT2D eigenvalue weighted by molar-refractivity contribution is 0.244. The van der Waals surface area contributed by atoms with Gasteiger partial charge in [-0.3, -0.25) is 0 Å². The molecule has 1 atom stereocenters. The largest absolute Gasteiger partial charge is 0.0651 e. The second kappa shape index (κ2) is 6.41. The van der Waals surface area contributed by atoms with E-state index >= 15 is 0 Å². The van der Waals surface area contributed by atoms with E-state index in [0.29, 0.717) is 0 Å². The van der Waals surface area contributed by atoms with Crippen LogP contribution in [0.15, 0.2) is 24.3 Å². The van der Waals surface area contributed by atoms with E-state index in [0.717, 1.165) is 24.2 Å². The van der Waals surface area contributed by atoms with Crippen molar-refractivity contribution in [1.82, 2.24) is 0 Å². The molecule has 0 spiro atoms. The summed E-state index contributed by atoms with van der Waals surface area (Å²) in [4.78, 5) is 0. The third-order valence-electron chi connectivity index (χ3n) is 5.09. The minimum absolute atomic E-state index is 0.744. The molecule has 1 aliphatic carbocycles. The first kappa shape index (κ1) is 13.6. The molecule has 1 aromatic rings. The quantitative estimate of drug-likeness (QED) is 0.649. The zero-order chi connectivity index (χ0) is 13.0. The molecule has 0 nitrogen and oxygen atoms in total. The fraction of sp³-hybridized carbons (Fsp3) is 0.667. The van der Waals surface area contributed by atoms with Gasteiger partial charge in [-0.25, -0.2) is 0 Å². The van der Waals surface area contributed by atoms with Gasteiger partial charge in [0.05, 0.1) is 0 Å². The van der Waals surface area contributed by atoms with E-state index in [1.807, 2.05) is 0 Å². The van der Waals surface area contributed by atoms with Gasteiger partial charge in [0, 0.05) is 0 Å². The van der Waals surface area contributed by atoms with Crippen molar-refractivity contribution in [2.24, 2.45) is 11.8 Å². The maximum atomic E-state index is 2.43. The standard InChI is InChI=1S/C18H28/c1-4-15-6-10-17(11-7-15)14(3)18-12-8-16(5-2)9-13-18/h6-7,10-11,14,16,18H,4-5,8-9,12-13H2,1-3H3.